The molecule has 0 aliphatic heterocycles. The molecule has 0 aliphatic carbocycles. The van der Waals surface area contributed by atoms with Gasteiger partial charge in [-0.3, -0.25) is 9.78 Å². The molecule has 0 bridgehead atoms. The van der Waals surface area contributed by atoms with Crippen LogP contribution in [0.5, 0.6) is 5.75 Å². The van der Waals surface area contributed by atoms with Crippen molar-refractivity contribution in [2.45, 2.75) is 13.5 Å². The minimum atomic E-state index is -0.513. The lowest BCUT2D eigenvalue weighted by Gasteiger charge is -2.15. The van der Waals surface area contributed by atoms with Crippen molar-refractivity contribution in [3.05, 3.63) is 106 Å². The molecule has 170 valence electrons. The van der Waals surface area contributed by atoms with E-state index in [2.05, 4.69) is 30.1 Å². The highest BCUT2D eigenvalue weighted by molar-refractivity contribution is 6.32. The van der Waals surface area contributed by atoms with Gasteiger partial charge in [0.2, 0.25) is 0 Å². The fourth-order valence-electron chi connectivity index (χ4n) is 3.77. The average molecular weight is 472 g/mol. The minimum Gasteiger partial charge on any atom is -0.487 e. The number of benzene rings is 3. The van der Waals surface area contributed by atoms with Gasteiger partial charge in [0.1, 0.15) is 12.4 Å². The molecular formula is C28H22ClNO4. The van der Waals surface area contributed by atoms with Crippen molar-refractivity contribution in [2.75, 3.05) is 7.11 Å². The molecule has 1 heterocycles. The fourth-order valence-corrected chi connectivity index (χ4v) is 4.00. The van der Waals surface area contributed by atoms with E-state index in [-0.39, 0.29) is 5.56 Å². The molecule has 0 saturated heterocycles. The Morgan fingerprint density at radius 3 is 2.50 bits per heavy atom. The SMILES string of the molecule is COC(=O)c1cncc(-c2cc(OCc3cccc(-c4ccccc4)c3C)c(Cl)cc2C=O)c1. The van der Waals surface area contributed by atoms with E-state index in [4.69, 9.17) is 21.1 Å². The van der Waals surface area contributed by atoms with Crippen LogP contribution in [0.1, 0.15) is 31.8 Å². The third-order valence-corrected chi connectivity index (χ3v) is 5.91. The molecule has 0 spiro atoms. The van der Waals surface area contributed by atoms with Crippen molar-refractivity contribution in [3.8, 4) is 28.0 Å². The lowest BCUT2D eigenvalue weighted by atomic mass is 9.97. The smallest absolute Gasteiger partial charge is 0.339 e. The number of aromatic nitrogens is 1. The number of pyridine rings is 1. The lowest BCUT2D eigenvalue weighted by molar-refractivity contribution is 0.0600. The Morgan fingerprint density at radius 1 is 0.971 bits per heavy atom. The molecule has 0 saturated carbocycles. The van der Waals surface area contributed by atoms with Gasteiger partial charge in [0.15, 0.2) is 6.29 Å². The summed E-state index contributed by atoms with van der Waals surface area (Å²) in [4.78, 5) is 27.8. The molecule has 0 N–H and O–H groups in total. The number of hydrogen-bond acceptors (Lipinski definition) is 5. The molecule has 0 unspecified atom stereocenters. The Kier molecular flexibility index (Phi) is 7.04. The predicted octanol–water partition coefficient (Wildman–Crippen LogP) is 6.56. The van der Waals surface area contributed by atoms with E-state index >= 15 is 0 Å². The van der Waals surface area contributed by atoms with Gasteiger partial charge >= 0.3 is 5.97 Å². The lowest BCUT2D eigenvalue weighted by Crippen LogP contribution is -2.03. The summed E-state index contributed by atoms with van der Waals surface area (Å²) in [5.41, 5.74) is 6.19. The number of ether oxygens (including phenoxy) is 2. The number of halogens is 1. The third-order valence-electron chi connectivity index (χ3n) is 5.62. The molecule has 0 radical (unpaired) electrons. The van der Waals surface area contributed by atoms with Crippen molar-refractivity contribution in [1.82, 2.24) is 4.98 Å². The number of aldehydes is 1. The van der Waals surface area contributed by atoms with E-state index in [0.717, 1.165) is 22.3 Å². The number of nitrogens with zero attached hydrogens (tertiary/aromatic N) is 1. The Bertz CT molecular complexity index is 1350. The van der Waals surface area contributed by atoms with Gasteiger partial charge < -0.3 is 9.47 Å². The Morgan fingerprint density at radius 2 is 1.76 bits per heavy atom. The summed E-state index contributed by atoms with van der Waals surface area (Å²) in [6.07, 6.45) is 3.69. The van der Waals surface area contributed by atoms with Crippen LogP contribution in [-0.4, -0.2) is 24.3 Å². The molecule has 0 aliphatic rings. The van der Waals surface area contributed by atoms with Crippen LogP contribution in [0.25, 0.3) is 22.3 Å². The van der Waals surface area contributed by atoms with Crippen LogP contribution in [0.15, 0.2) is 79.1 Å². The normalized spacial score (nSPS) is 10.6. The van der Waals surface area contributed by atoms with Gasteiger partial charge in [0.25, 0.3) is 0 Å². The zero-order valence-electron chi connectivity index (χ0n) is 18.7. The van der Waals surface area contributed by atoms with Crippen molar-refractivity contribution in [3.63, 3.8) is 0 Å². The summed E-state index contributed by atoms with van der Waals surface area (Å²) in [5.74, 6) is -0.0866. The molecule has 4 aromatic rings. The first kappa shape index (κ1) is 23.2. The van der Waals surface area contributed by atoms with E-state index in [9.17, 15) is 9.59 Å². The standard InChI is InChI=1S/C28H22ClNO4/c1-18-20(9-6-10-24(18)19-7-4-3-5-8-19)17-34-27-13-25(23(16-31)12-26(27)29)21-11-22(15-30-14-21)28(32)33-2/h3-16H,17H2,1-2H3. The first-order valence-electron chi connectivity index (χ1n) is 10.6. The molecule has 4 rings (SSSR count). The van der Waals surface area contributed by atoms with Crippen LogP contribution < -0.4 is 4.74 Å². The summed E-state index contributed by atoms with van der Waals surface area (Å²) >= 11 is 6.43. The van der Waals surface area contributed by atoms with Crippen LogP contribution in [0.4, 0.5) is 0 Å². The maximum absolute atomic E-state index is 11.9. The molecule has 6 heteroatoms. The minimum absolute atomic E-state index is 0.280. The van der Waals surface area contributed by atoms with Gasteiger partial charge in [-0.2, -0.15) is 0 Å². The second-order valence-corrected chi connectivity index (χ2v) is 8.09. The van der Waals surface area contributed by atoms with Crippen molar-refractivity contribution >= 4 is 23.9 Å². The largest absolute Gasteiger partial charge is 0.487 e. The molecule has 0 fully saturated rings. The van der Waals surface area contributed by atoms with Crippen LogP contribution in [0, 0.1) is 6.92 Å². The van der Waals surface area contributed by atoms with Crippen LogP contribution in [0.3, 0.4) is 0 Å². The number of carbonyl (C=O) groups excluding carboxylic acids is 2. The van der Waals surface area contributed by atoms with E-state index in [1.807, 2.05) is 30.3 Å². The topological polar surface area (TPSA) is 65.5 Å². The van der Waals surface area contributed by atoms with Crippen LogP contribution in [-0.2, 0) is 11.3 Å². The average Bonchev–Trinajstić information content (AvgIpc) is 2.88. The first-order chi connectivity index (χ1) is 16.5. The van der Waals surface area contributed by atoms with E-state index in [1.165, 1.54) is 13.3 Å². The van der Waals surface area contributed by atoms with Gasteiger partial charge in [0.05, 0.1) is 17.7 Å². The third kappa shape index (κ3) is 4.85. The second kappa shape index (κ2) is 10.3. The van der Waals surface area contributed by atoms with Crippen LogP contribution in [0.2, 0.25) is 5.02 Å². The molecular weight excluding hydrogens is 450 g/mol. The van der Waals surface area contributed by atoms with Crippen molar-refractivity contribution in [2.24, 2.45) is 0 Å². The van der Waals surface area contributed by atoms with Gasteiger partial charge in [-0.05, 0) is 52.9 Å². The van der Waals surface area contributed by atoms with Crippen molar-refractivity contribution in [1.29, 1.82) is 0 Å². The number of hydrogen-bond donors (Lipinski definition) is 0. The highest BCUT2D eigenvalue weighted by Gasteiger charge is 2.15. The molecule has 34 heavy (non-hydrogen) atoms. The Labute approximate surface area is 203 Å². The maximum Gasteiger partial charge on any atom is 0.339 e. The van der Waals surface area contributed by atoms with Gasteiger partial charge in [-0.1, -0.05) is 60.1 Å². The summed E-state index contributed by atoms with van der Waals surface area (Å²) in [6.45, 7) is 2.36. The maximum atomic E-state index is 11.9. The number of esters is 1. The molecule has 5 nitrogen and oxygen atoms in total. The molecule has 0 amide bonds. The number of rotatable bonds is 7. The summed E-state index contributed by atoms with van der Waals surface area (Å²) in [5, 5.41) is 0.319. The van der Waals surface area contributed by atoms with Gasteiger partial charge in [-0.25, -0.2) is 4.79 Å². The highest BCUT2D eigenvalue weighted by atomic mass is 35.5. The quantitative estimate of drug-likeness (QED) is 0.226. The van der Waals surface area contributed by atoms with Gasteiger partial charge in [-0.15, -0.1) is 0 Å². The van der Waals surface area contributed by atoms with Gasteiger partial charge in [0, 0.05) is 23.5 Å². The van der Waals surface area contributed by atoms with E-state index in [0.29, 0.717) is 40.4 Å². The Hall–Kier alpha value is -3.96. The summed E-state index contributed by atoms with van der Waals surface area (Å²) < 4.78 is 10.9. The molecule has 3 aromatic carbocycles. The Balaban J connectivity index is 1.66. The van der Waals surface area contributed by atoms with E-state index in [1.54, 1.807) is 24.4 Å². The first-order valence-corrected chi connectivity index (χ1v) is 11.0. The predicted molar refractivity (Wildman–Crippen MR) is 132 cm³/mol. The van der Waals surface area contributed by atoms with Crippen molar-refractivity contribution < 1.29 is 19.1 Å². The molecule has 1 aromatic heterocycles. The summed E-state index contributed by atoms with van der Waals surface area (Å²) in [7, 11) is 1.30. The monoisotopic (exact) mass is 471 g/mol. The molecule has 0 atom stereocenters. The van der Waals surface area contributed by atoms with E-state index < -0.39 is 5.97 Å². The second-order valence-electron chi connectivity index (χ2n) is 7.69. The summed E-state index contributed by atoms with van der Waals surface area (Å²) in [6, 6.07) is 21.1. The van der Waals surface area contributed by atoms with Crippen LogP contribution >= 0.6 is 11.6 Å². The number of methoxy groups -OCH3 is 1. The zero-order chi connectivity index (χ0) is 24.1. The zero-order valence-corrected chi connectivity index (χ0v) is 19.5. The number of carbonyl (C=O) groups is 2. The fraction of sp³-hybridized carbons (Fsp3) is 0.107. The highest BCUT2D eigenvalue weighted by Crippen LogP contribution is 2.35.